The van der Waals surface area contributed by atoms with Crippen LogP contribution in [0.15, 0.2) is 53.6 Å². The van der Waals surface area contributed by atoms with Gasteiger partial charge in [0.2, 0.25) is 0 Å². The first-order chi connectivity index (χ1) is 9.29. The third-order valence-corrected chi connectivity index (χ3v) is 4.46. The Morgan fingerprint density at radius 1 is 1.16 bits per heavy atom. The molecule has 0 bridgehead atoms. The number of aryl methyl sites for hydroxylation is 1. The molecule has 19 heavy (non-hydrogen) atoms. The Balaban J connectivity index is 1.91. The number of aromatic nitrogens is 1. The highest BCUT2D eigenvalue weighted by atomic mass is 32.2. The standard InChI is InChI=1S/C16H20N2S/c1-13-7-3-4-9-16(13)19-12-15(17-2)11-14-8-5-6-10-18-14/h3-10,15,17H,11-12H2,1-2H3. The smallest absolute Gasteiger partial charge is 0.0419 e. The van der Waals surface area contributed by atoms with E-state index < -0.39 is 0 Å². The normalized spacial score (nSPS) is 12.3. The van der Waals surface area contributed by atoms with E-state index in [0.29, 0.717) is 6.04 Å². The number of nitrogens with one attached hydrogen (secondary N) is 1. The summed E-state index contributed by atoms with van der Waals surface area (Å²) in [4.78, 5) is 5.75. The highest BCUT2D eigenvalue weighted by molar-refractivity contribution is 7.99. The highest BCUT2D eigenvalue weighted by Gasteiger charge is 2.09. The summed E-state index contributed by atoms with van der Waals surface area (Å²) in [5.74, 6) is 1.05. The lowest BCUT2D eigenvalue weighted by Crippen LogP contribution is -2.30. The van der Waals surface area contributed by atoms with Gasteiger partial charge in [-0.3, -0.25) is 4.98 Å². The molecule has 0 saturated heterocycles. The van der Waals surface area contributed by atoms with Crippen LogP contribution in [0.25, 0.3) is 0 Å². The SMILES string of the molecule is CNC(CSc1ccccc1C)Cc1ccccn1. The molecular formula is C16H20N2S. The van der Waals surface area contributed by atoms with Crippen LogP contribution >= 0.6 is 11.8 Å². The zero-order valence-corrected chi connectivity index (χ0v) is 12.3. The monoisotopic (exact) mass is 272 g/mol. The van der Waals surface area contributed by atoms with E-state index in [1.165, 1.54) is 10.5 Å². The molecule has 100 valence electrons. The van der Waals surface area contributed by atoms with E-state index in [1.54, 1.807) is 0 Å². The number of hydrogen-bond acceptors (Lipinski definition) is 3. The number of nitrogens with zero attached hydrogens (tertiary/aromatic N) is 1. The summed E-state index contributed by atoms with van der Waals surface area (Å²) in [7, 11) is 2.02. The van der Waals surface area contributed by atoms with Gasteiger partial charge < -0.3 is 5.32 Å². The van der Waals surface area contributed by atoms with Crippen LogP contribution in [0.3, 0.4) is 0 Å². The molecule has 1 heterocycles. The molecule has 2 rings (SSSR count). The lowest BCUT2D eigenvalue weighted by atomic mass is 10.2. The van der Waals surface area contributed by atoms with E-state index in [1.807, 2.05) is 37.1 Å². The molecule has 2 aromatic rings. The molecule has 1 N–H and O–H groups in total. The third kappa shape index (κ3) is 4.37. The van der Waals surface area contributed by atoms with Gasteiger partial charge in [0.05, 0.1) is 0 Å². The second-order valence-electron chi connectivity index (χ2n) is 4.59. The van der Waals surface area contributed by atoms with Crippen molar-refractivity contribution in [2.24, 2.45) is 0 Å². The Hall–Kier alpha value is -1.32. The first kappa shape index (κ1) is 14.1. The summed E-state index contributed by atoms with van der Waals surface area (Å²) in [5, 5.41) is 3.38. The van der Waals surface area contributed by atoms with Crippen molar-refractivity contribution in [3.8, 4) is 0 Å². The van der Waals surface area contributed by atoms with E-state index in [2.05, 4.69) is 47.6 Å². The molecule has 2 nitrogen and oxygen atoms in total. The Labute approximate surface area is 119 Å². The Morgan fingerprint density at radius 3 is 2.63 bits per heavy atom. The van der Waals surface area contributed by atoms with Gasteiger partial charge in [-0.1, -0.05) is 24.3 Å². The molecule has 0 aliphatic carbocycles. The number of thioether (sulfide) groups is 1. The summed E-state index contributed by atoms with van der Waals surface area (Å²) < 4.78 is 0. The Morgan fingerprint density at radius 2 is 1.95 bits per heavy atom. The minimum Gasteiger partial charge on any atom is -0.316 e. The van der Waals surface area contributed by atoms with Crippen molar-refractivity contribution >= 4 is 11.8 Å². The summed E-state index contributed by atoms with van der Waals surface area (Å²) >= 11 is 1.91. The van der Waals surface area contributed by atoms with Crippen LogP contribution in [-0.4, -0.2) is 23.8 Å². The summed E-state index contributed by atoms with van der Waals surface area (Å²) in [6.07, 6.45) is 2.83. The molecular weight excluding hydrogens is 252 g/mol. The van der Waals surface area contributed by atoms with Gasteiger partial charge in [0, 0.05) is 35.0 Å². The number of benzene rings is 1. The van der Waals surface area contributed by atoms with E-state index in [9.17, 15) is 0 Å². The van der Waals surface area contributed by atoms with Crippen LogP contribution in [0.5, 0.6) is 0 Å². The largest absolute Gasteiger partial charge is 0.316 e. The highest BCUT2D eigenvalue weighted by Crippen LogP contribution is 2.22. The predicted octanol–water partition coefficient (Wildman–Crippen LogP) is 3.31. The maximum absolute atomic E-state index is 4.39. The molecule has 0 saturated carbocycles. The minimum atomic E-state index is 0.444. The maximum atomic E-state index is 4.39. The molecule has 0 aliphatic heterocycles. The van der Waals surface area contributed by atoms with Gasteiger partial charge in [-0.25, -0.2) is 0 Å². The van der Waals surface area contributed by atoms with Crippen LogP contribution in [0.2, 0.25) is 0 Å². The van der Waals surface area contributed by atoms with E-state index in [-0.39, 0.29) is 0 Å². The predicted molar refractivity (Wildman–Crippen MR) is 82.7 cm³/mol. The summed E-state index contributed by atoms with van der Waals surface area (Å²) in [6.45, 7) is 2.16. The maximum Gasteiger partial charge on any atom is 0.0419 e. The minimum absolute atomic E-state index is 0.444. The Bertz CT molecular complexity index is 499. The van der Waals surface area contributed by atoms with Gasteiger partial charge in [-0.15, -0.1) is 11.8 Å². The van der Waals surface area contributed by atoms with Crippen LogP contribution in [0.4, 0.5) is 0 Å². The van der Waals surface area contributed by atoms with Gasteiger partial charge in [0.1, 0.15) is 0 Å². The molecule has 1 atom stereocenters. The summed E-state index contributed by atoms with van der Waals surface area (Å²) in [5.41, 5.74) is 2.49. The summed E-state index contributed by atoms with van der Waals surface area (Å²) in [6, 6.07) is 15.1. The van der Waals surface area contributed by atoms with E-state index >= 15 is 0 Å². The van der Waals surface area contributed by atoms with Crippen molar-refractivity contribution in [2.75, 3.05) is 12.8 Å². The second-order valence-corrected chi connectivity index (χ2v) is 5.65. The molecule has 0 fully saturated rings. The van der Waals surface area contributed by atoms with Crippen molar-refractivity contribution < 1.29 is 0 Å². The zero-order valence-electron chi connectivity index (χ0n) is 11.5. The fourth-order valence-corrected chi connectivity index (χ4v) is 3.06. The molecule has 1 aromatic carbocycles. The molecule has 0 aliphatic rings. The number of hydrogen-bond donors (Lipinski definition) is 1. The third-order valence-electron chi connectivity index (χ3n) is 3.12. The molecule has 1 aromatic heterocycles. The van der Waals surface area contributed by atoms with Crippen molar-refractivity contribution in [3.05, 3.63) is 59.9 Å². The van der Waals surface area contributed by atoms with Crippen molar-refractivity contribution in [2.45, 2.75) is 24.3 Å². The van der Waals surface area contributed by atoms with Crippen molar-refractivity contribution in [3.63, 3.8) is 0 Å². The average Bonchev–Trinajstić information content (AvgIpc) is 2.46. The van der Waals surface area contributed by atoms with Crippen LogP contribution in [0.1, 0.15) is 11.3 Å². The van der Waals surface area contributed by atoms with Gasteiger partial charge >= 0.3 is 0 Å². The molecule has 1 unspecified atom stereocenters. The Kier molecular flexibility index (Phi) is 5.43. The molecule has 0 radical (unpaired) electrons. The lowest BCUT2D eigenvalue weighted by Gasteiger charge is -2.16. The van der Waals surface area contributed by atoms with E-state index in [4.69, 9.17) is 0 Å². The van der Waals surface area contributed by atoms with Crippen molar-refractivity contribution in [1.29, 1.82) is 0 Å². The second kappa shape index (κ2) is 7.31. The number of pyridine rings is 1. The van der Waals surface area contributed by atoms with Gasteiger partial charge in [-0.2, -0.15) is 0 Å². The van der Waals surface area contributed by atoms with E-state index in [0.717, 1.165) is 17.9 Å². The number of likely N-dealkylation sites (N-methyl/N-ethyl adjacent to an activating group) is 1. The zero-order chi connectivity index (χ0) is 13.5. The molecule has 0 amide bonds. The fourth-order valence-electron chi connectivity index (χ4n) is 1.92. The molecule has 0 spiro atoms. The topological polar surface area (TPSA) is 24.9 Å². The quantitative estimate of drug-likeness (QED) is 0.817. The average molecular weight is 272 g/mol. The lowest BCUT2D eigenvalue weighted by molar-refractivity contribution is 0.609. The van der Waals surface area contributed by atoms with Crippen LogP contribution in [-0.2, 0) is 6.42 Å². The van der Waals surface area contributed by atoms with Crippen LogP contribution in [0, 0.1) is 6.92 Å². The van der Waals surface area contributed by atoms with Gasteiger partial charge in [0.25, 0.3) is 0 Å². The fraction of sp³-hybridized carbons (Fsp3) is 0.312. The first-order valence-corrected chi connectivity index (χ1v) is 7.53. The molecule has 3 heteroatoms. The first-order valence-electron chi connectivity index (χ1n) is 6.55. The van der Waals surface area contributed by atoms with Gasteiger partial charge in [-0.05, 0) is 37.7 Å². The van der Waals surface area contributed by atoms with Gasteiger partial charge in [0.15, 0.2) is 0 Å². The number of rotatable bonds is 6. The van der Waals surface area contributed by atoms with Crippen molar-refractivity contribution in [1.82, 2.24) is 10.3 Å². The van der Waals surface area contributed by atoms with Crippen LogP contribution < -0.4 is 5.32 Å².